The van der Waals surface area contributed by atoms with Crippen molar-refractivity contribution in [1.82, 2.24) is 10.2 Å². The van der Waals surface area contributed by atoms with E-state index in [0.29, 0.717) is 17.5 Å². The summed E-state index contributed by atoms with van der Waals surface area (Å²) in [5, 5.41) is 3.67. The molecule has 0 aromatic carbocycles. The van der Waals surface area contributed by atoms with E-state index in [4.69, 9.17) is 4.74 Å². The molecule has 2 unspecified atom stereocenters. The van der Waals surface area contributed by atoms with Crippen molar-refractivity contribution >= 4 is 0 Å². The highest BCUT2D eigenvalue weighted by Crippen LogP contribution is 2.36. The number of likely N-dealkylation sites (tertiary alicyclic amines) is 1. The van der Waals surface area contributed by atoms with Crippen LogP contribution < -0.4 is 5.32 Å². The maximum absolute atomic E-state index is 5.75. The van der Waals surface area contributed by atoms with E-state index in [0.717, 1.165) is 13.2 Å². The van der Waals surface area contributed by atoms with Gasteiger partial charge in [-0.3, -0.25) is 4.90 Å². The fraction of sp³-hybridized carbons (Fsp3) is 1.00. The van der Waals surface area contributed by atoms with Crippen LogP contribution >= 0.6 is 0 Å². The molecule has 2 aliphatic heterocycles. The van der Waals surface area contributed by atoms with Crippen LogP contribution in [0.5, 0.6) is 0 Å². The Morgan fingerprint density at radius 3 is 2.37 bits per heavy atom. The molecule has 2 fully saturated rings. The molecular formula is C16H32N2O. The Morgan fingerprint density at radius 1 is 1.21 bits per heavy atom. The fourth-order valence-corrected chi connectivity index (χ4v) is 4.47. The highest BCUT2D eigenvalue weighted by molar-refractivity contribution is 5.03. The zero-order valence-corrected chi connectivity index (χ0v) is 13.1. The van der Waals surface area contributed by atoms with Crippen LogP contribution in [0.1, 0.15) is 52.4 Å². The Bertz CT molecular complexity index is 253. The second-order valence-corrected chi connectivity index (χ2v) is 6.25. The molecule has 3 heteroatoms. The molecule has 3 nitrogen and oxygen atoms in total. The van der Waals surface area contributed by atoms with Gasteiger partial charge in [-0.05, 0) is 64.6 Å². The van der Waals surface area contributed by atoms with Crippen LogP contribution in [0.15, 0.2) is 0 Å². The molecule has 0 spiro atoms. The van der Waals surface area contributed by atoms with Crippen molar-refractivity contribution in [2.24, 2.45) is 5.92 Å². The summed E-state index contributed by atoms with van der Waals surface area (Å²) >= 11 is 0. The molecule has 2 heterocycles. The molecule has 0 saturated carbocycles. The summed E-state index contributed by atoms with van der Waals surface area (Å²) in [5.74, 6) is 0.680. The van der Waals surface area contributed by atoms with E-state index in [1.165, 1.54) is 51.6 Å². The summed E-state index contributed by atoms with van der Waals surface area (Å²) in [6.07, 6.45) is 7.78. The van der Waals surface area contributed by atoms with Crippen molar-refractivity contribution < 1.29 is 4.74 Å². The molecule has 2 rings (SSSR count). The predicted molar refractivity (Wildman–Crippen MR) is 80.5 cm³/mol. The highest BCUT2D eigenvalue weighted by Gasteiger charge is 2.44. The highest BCUT2D eigenvalue weighted by atomic mass is 16.5. The molecule has 0 radical (unpaired) electrons. The molecule has 19 heavy (non-hydrogen) atoms. The van der Waals surface area contributed by atoms with Crippen molar-refractivity contribution in [2.75, 3.05) is 33.4 Å². The van der Waals surface area contributed by atoms with E-state index in [1.807, 2.05) is 0 Å². The molecule has 0 amide bonds. The van der Waals surface area contributed by atoms with Gasteiger partial charge in [-0.1, -0.05) is 13.8 Å². The average Bonchev–Trinajstić information content (AvgIpc) is 3.00. The normalized spacial score (nSPS) is 27.6. The summed E-state index contributed by atoms with van der Waals surface area (Å²) in [6, 6.07) is 0.570. The number of ether oxygens (including phenoxy) is 1. The summed E-state index contributed by atoms with van der Waals surface area (Å²) in [5.41, 5.74) is 0.330. The summed E-state index contributed by atoms with van der Waals surface area (Å²) in [4.78, 5) is 2.77. The first-order chi connectivity index (χ1) is 9.28. The Labute approximate surface area is 119 Å². The van der Waals surface area contributed by atoms with Gasteiger partial charge in [-0.2, -0.15) is 0 Å². The van der Waals surface area contributed by atoms with Gasteiger partial charge in [0, 0.05) is 18.2 Å². The van der Waals surface area contributed by atoms with Gasteiger partial charge in [0.25, 0.3) is 0 Å². The molecule has 0 aliphatic carbocycles. The minimum atomic E-state index is 0.330. The maximum Gasteiger partial charge on any atom is 0.0509 e. The number of rotatable bonds is 6. The number of likely N-dealkylation sites (N-methyl/N-ethyl adjacent to an activating group) is 1. The molecule has 0 aromatic rings. The lowest BCUT2D eigenvalue weighted by Crippen LogP contribution is -2.63. The van der Waals surface area contributed by atoms with Crippen LogP contribution in [-0.2, 0) is 4.74 Å². The maximum atomic E-state index is 5.75. The van der Waals surface area contributed by atoms with Gasteiger partial charge in [0.1, 0.15) is 0 Å². The lowest BCUT2D eigenvalue weighted by molar-refractivity contribution is -0.0164. The molecule has 112 valence electrons. The van der Waals surface area contributed by atoms with Crippen LogP contribution in [0.4, 0.5) is 0 Å². The van der Waals surface area contributed by atoms with E-state index in [9.17, 15) is 0 Å². The van der Waals surface area contributed by atoms with Gasteiger partial charge in [0.15, 0.2) is 0 Å². The fourth-order valence-electron chi connectivity index (χ4n) is 4.47. The third kappa shape index (κ3) is 2.98. The zero-order chi connectivity index (χ0) is 13.7. The largest absolute Gasteiger partial charge is 0.381 e. The molecule has 2 aliphatic rings. The SMILES string of the molecule is CCC(CC)(C(NC)C1CCCOC1)N1CCCC1. The Morgan fingerprint density at radius 2 is 1.89 bits per heavy atom. The van der Waals surface area contributed by atoms with Gasteiger partial charge >= 0.3 is 0 Å². The topological polar surface area (TPSA) is 24.5 Å². The number of hydrogen-bond donors (Lipinski definition) is 1. The van der Waals surface area contributed by atoms with Gasteiger partial charge < -0.3 is 10.1 Å². The summed E-state index contributed by atoms with van der Waals surface area (Å²) in [7, 11) is 2.15. The lowest BCUT2D eigenvalue weighted by atomic mass is 9.75. The van der Waals surface area contributed by atoms with Crippen molar-refractivity contribution in [3.63, 3.8) is 0 Å². The quantitative estimate of drug-likeness (QED) is 0.801. The van der Waals surface area contributed by atoms with Crippen LogP contribution in [0, 0.1) is 5.92 Å². The third-order valence-electron chi connectivity index (χ3n) is 5.52. The first kappa shape index (κ1) is 15.3. The Balaban J connectivity index is 2.17. The molecule has 0 bridgehead atoms. The molecule has 1 N–H and O–H groups in total. The Hall–Kier alpha value is -0.120. The van der Waals surface area contributed by atoms with E-state index in [-0.39, 0.29) is 0 Å². The van der Waals surface area contributed by atoms with Crippen LogP contribution in [0.3, 0.4) is 0 Å². The van der Waals surface area contributed by atoms with Crippen molar-refractivity contribution in [1.29, 1.82) is 0 Å². The summed E-state index contributed by atoms with van der Waals surface area (Å²) < 4.78 is 5.75. The zero-order valence-electron chi connectivity index (χ0n) is 13.1. The number of nitrogens with one attached hydrogen (secondary N) is 1. The van der Waals surface area contributed by atoms with E-state index in [2.05, 4.69) is 31.1 Å². The van der Waals surface area contributed by atoms with E-state index < -0.39 is 0 Å². The Kier molecular flexibility index (Phi) is 5.67. The number of nitrogens with zero attached hydrogens (tertiary/aromatic N) is 1. The number of hydrogen-bond acceptors (Lipinski definition) is 3. The average molecular weight is 268 g/mol. The van der Waals surface area contributed by atoms with E-state index in [1.54, 1.807) is 0 Å². The van der Waals surface area contributed by atoms with E-state index >= 15 is 0 Å². The van der Waals surface area contributed by atoms with Crippen LogP contribution in [0.25, 0.3) is 0 Å². The lowest BCUT2D eigenvalue weighted by Gasteiger charge is -2.50. The van der Waals surface area contributed by atoms with Crippen molar-refractivity contribution in [2.45, 2.75) is 64.0 Å². The predicted octanol–water partition coefficient (Wildman–Crippen LogP) is 2.66. The van der Waals surface area contributed by atoms with Crippen molar-refractivity contribution in [3.05, 3.63) is 0 Å². The smallest absolute Gasteiger partial charge is 0.0509 e. The van der Waals surface area contributed by atoms with Gasteiger partial charge in [-0.15, -0.1) is 0 Å². The van der Waals surface area contributed by atoms with Gasteiger partial charge in [0.05, 0.1) is 6.61 Å². The molecule has 0 aromatic heterocycles. The van der Waals surface area contributed by atoms with Gasteiger partial charge in [-0.25, -0.2) is 0 Å². The van der Waals surface area contributed by atoms with Crippen LogP contribution in [0.2, 0.25) is 0 Å². The molecule has 2 saturated heterocycles. The first-order valence-electron chi connectivity index (χ1n) is 8.28. The second-order valence-electron chi connectivity index (χ2n) is 6.25. The monoisotopic (exact) mass is 268 g/mol. The second kappa shape index (κ2) is 7.05. The molecule has 2 atom stereocenters. The van der Waals surface area contributed by atoms with Gasteiger partial charge in [0.2, 0.25) is 0 Å². The summed E-state index contributed by atoms with van der Waals surface area (Å²) in [6.45, 7) is 9.22. The first-order valence-corrected chi connectivity index (χ1v) is 8.28. The van der Waals surface area contributed by atoms with Crippen LogP contribution in [-0.4, -0.2) is 49.8 Å². The third-order valence-corrected chi connectivity index (χ3v) is 5.52. The molecular weight excluding hydrogens is 236 g/mol. The minimum Gasteiger partial charge on any atom is -0.381 e. The van der Waals surface area contributed by atoms with Crippen molar-refractivity contribution in [3.8, 4) is 0 Å². The minimum absolute atomic E-state index is 0.330. The standard InChI is InChI=1S/C16H32N2O/c1-4-16(5-2,18-10-6-7-11-18)15(17-3)14-9-8-12-19-13-14/h14-15,17H,4-13H2,1-3H3.